The van der Waals surface area contributed by atoms with E-state index in [2.05, 4.69) is 11.4 Å². The number of allylic oxidation sites excluding steroid dienone is 1. The van der Waals surface area contributed by atoms with Gasteiger partial charge in [-0.05, 0) is 31.1 Å². The van der Waals surface area contributed by atoms with E-state index < -0.39 is 41.4 Å². The average molecular weight is 418 g/mol. The van der Waals surface area contributed by atoms with E-state index in [0.29, 0.717) is 19.3 Å². The number of carbonyl (C=O) groups excluding carboxylic acids is 4. The van der Waals surface area contributed by atoms with Gasteiger partial charge in [-0.15, -0.1) is 6.58 Å². The summed E-state index contributed by atoms with van der Waals surface area (Å²) in [5.74, 6) is -3.61. The van der Waals surface area contributed by atoms with E-state index in [1.54, 1.807) is 6.92 Å². The second-order valence-corrected chi connectivity index (χ2v) is 8.60. The molecule has 0 saturated heterocycles. The Morgan fingerprint density at radius 3 is 2.37 bits per heavy atom. The topological polar surface area (TPSA) is 123 Å². The molecule has 0 amide bonds. The highest BCUT2D eigenvalue weighted by atomic mass is 16.5. The summed E-state index contributed by atoms with van der Waals surface area (Å²) in [5.41, 5.74) is 8.31. The molecule has 0 N–H and O–H groups in total. The highest BCUT2D eigenvalue weighted by molar-refractivity contribution is 6.62. The van der Waals surface area contributed by atoms with Crippen molar-refractivity contribution in [2.24, 2.45) is 29.1 Å². The Balaban J connectivity index is 2.16. The lowest BCUT2D eigenvalue weighted by atomic mass is 9.84. The van der Waals surface area contributed by atoms with E-state index >= 15 is 0 Å². The Kier molecular flexibility index (Phi) is 7.48. The van der Waals surface area contributed by atoms with Gasteiger partial charge in [-0.3, -0.25) is 14.4 Å². The van der Waals surface area contributed by atoms with Crippen LogP contribution in [0.25, 0.3) is 5.53 Å². The summed E-state index contributed by atoms with van der Waals surface area (Å²) >= 11 is 0. The smallest absolute Gasteiger partial charge is 0.441 e. The number of esters is 2. The molecule has 164 valence electrons. The van der Waals surface area contributed by atoms with Gasteiger partial charge in [0.05, 0.1) is 6.61 Å². The lowest BCUT2D eigenvalue weighted by Crippen LogP contribution is -2.37. The van der Waals surface area contributed by atoms with Gasteiger partial charge in [0.15, 0.2) is 0 Å². The summed E-state index contributed by atoms with van der Waals surface area (Å²) in [7, 11) is 0. The van der Waals surface area contributed by atoms with Crippen LogP contribution in [0.5, 0.6) is 0 Å². The number of ketones is 2. The molecule has 0 spiro atoms. The Morgan fingerprint density at radius 1 is 1.23 bits per heavy atom. The van der Waals surface area contributed by atoms with Crippen molar-refractivity contribution in [2.75, 3.05) is 6.61 Å². The van der Waals surface area contributed by atoms with Gasteiger partial charge in [0.25, 0.3) is 5.78 Å². The normalized spacial score (nSPS) is 27.3. The van der Waals surface area contributed by atoms with Crippen molar-refractivity contribution in [1.82, 2.24) is 0 Å². The van der Waals surface area contributed by atoms with Gasteiger partial charge in [0.2, 0.25) is 0 Å². The Labute approximate surface area is 176 Å². The number of hydrogen-bond donors (Lipinski definition) is 0. The molecule has 2 aliphatic rings. The minimum Gasteiger partial charge on any atom is -0.462 e. The molecular formula is C22H30N2O6. The second-order valence-electron chi connectivity index (χ2n) is 8.60. The second kappa shape index (κ2) is 9.47. The fourth-order valence-corrected chi connectivity index (χ4v) is 4.91. The summed E-state index contributed by atoms with van der Waals surface area (Å²) in [6.07, 6.45) is 2.75. The maximum Gasteiger partial charge on any atom is 0.441 e. The third-order valence-electron chi connectivity index (χ3n) is 6.44. The predicted octanol–water partition coefficient (Wildman–Crippen LogP) is 2.55. The fourth-order valence-electron chi connectivity index (χ4n) is 4.91. The molecule has 2 saturated carbocycles. The fraction of sp³-hybridized carbons (Fsp3) is 0.682. The Morgan fingerprint density at radius 2 is 1.87 bits per heavy atom. The van der Waals surface area contributed by atoms with Crippen LogP contribution in [-0.4, -0.2) is 46.7 Å². The lowest BCUT2D eigenvalue weighted by Gasteiger charge is -2.21. The summed E-state index contributed by atoms with van der Waals surface area (Å²) in [6, 6.07) is 0. The minimum atomic E-state index is -1.01. The first-order chi connectivity index (χ1) is 14.1. The van der Waals surface area contributed by atoms with Crippen LogP contribution in [0, 0.1) is 29.1 Å². The first-order valence-corrected chi connectivity index (χ1v) is 10.4. The van der Waals surface area contributed by atoms with Gasteiger partial charge in [0.1, 0.15) is 11.9 Å². The molecule has 2 fully saturated rings. The van der Waals surface area contributed by atoms with Crippen molar-refractivity contribution < 1.29 is 33.4 Å². The van der Waals surface area contributed by atoms with Crippen LogP contribution in [-0.2, 0) is 28.7 Å². The van der Waals surface area contributed by atoms with E-state index in [0.717, 1.165) is 0 Å². The third kappa shape index (κ3) is 4.75. The summed E-state index contributed by atoms with van der Waals surface area (Å²) in [5, 5.41) is 0. The highest BCUT2D eigenvalue weighted by Gasteiger charge is 2.61. The van der Waals surface area contributed by atoms with Gasteiger partial charge in [0, 0.05) is 31.1 Å². The largest absolute Gasteiger partial charge is 0.462 e. The molecule has 0 aromatic carbocycles. The summed E-state index contributed by atoms with van der Waals surface area (Å²) < 4.78 is 10.2. The van der Waals surface area contributed by atoms with Crippen LogP contribution in [0.1, 0.15) is 53.4 Å². The number of nitrogens with zero attached hydrogens (tertiary/aromatic N) is 2. The van der Waals surface area contributed by atoms with E-state index in [4.69, 9.17) is 15.0 Å². The van der Waals surface area contributed by atoms with E-state index in [1.807, 2.05) is 19.9 Å². The SMILES string of the molecule is C=C[C@H]1[C@@H]([C@@H](CC(=O)[C@@H]2CCC[C@H]2C(=O)C(=[N+]=[N-])C(=O)OCC)OC(C)=O)C1(C)C. The average Bonchev–Trinajstić information content (AvgIpc) is 3.01. The monoisotopic (exact) mass is 418 g/mol. The summed E-state index contributed by atoms with van der Waals surface area (Å²) in [6.45, 7) is 10.8. The Hall–Kier alpha value is -2.60. The van der Waals surface area contributed by atoms with Gasteiger partial charge in [-0.1, -0.05) is 26.3 Å². The summed E-state index contributed by atoms with van der Waals surface area (Å²) in [4.78, 5) is 52.2. The van der Waals surface area contributed by atoms with Gasteiger partial charge in [-0.2, -0.15) is 4.79 Å². The van der Waals surface area contributed by atoms with Gasteiger partial charge < -0.3 is 15.0 Å². The molecule has 8 nitrogen and oxygen atoms in total. The van der Waals surface area contributed by atoms with Crippen molar-refractivity contribution in [2.45, 2.75) is 59.5 Å². The van der Waals surface area contributed by atoms with Crippen LogP contribution in [0.15, 0.2) is 12.7 Å². The van der Waals surface area contributed by atoms with Crippen molar-refractivity contribution >= 4 is 29.2 Å². The Bertz CT molecular complexity index is 795. The van der Waals surface area contributed by atoms with E-state index in [9.17, 15) is 19.2 Å². The zero-order chi connectivity index (χ0) is 22.6. The number of ether oxygens (including phenoxy) is 2. The maximum absolute atomic E-state index is 13.1. The van der Waals surface area contributed by atoms with Crippen LogP contribution >= 0.6 is 0 Å². The van der Waals surface area contributed by atoms with Gasteiger partial charge >= 0.3 is 17.7 Å². The molecule has 0 unspecified atom stereocenters. The quantitative estimate of drug-likeness (QED) is 0.134. The number of hydrogen-bond acceptors (Lipinski definition) is 6. The van der Waals surface area contributed by atoms with Crippen LogP contribution in [0.4, 0.5) is 0 Å². The first-order valence-electron chi connectivity index (χ1n) is 10.4. The van der Waals surface area contributed by atoms with Crippen LogP contribution in [0.2, 0.25) is 0 Å². The molecule has 30 heavy (non-hydrogen) atoms. The third-order valence-corrected chi connectivity index (χ3v) is 6.44. The molecule has 0 aromatic heterocycles. The molecule has 0 heterocycles. The molecule has 0 aromatic rings. The lowest BCUT2D eigenvalue weighted by molar-refractivity contribution is -0.150. The van der Waals surface area contributed by atoms with Crippen LogP contribution < -0.4 is 0 Å². The predicted molar refractivity (Wildman–Crippen MR) is 107 cm³/mol. The number of Topliss-reactive ketones (excluding diaryl/α,β-unsaturated/α-hetero) is 2. The zero-order valence-electron chi connectivity index (χ0n) is 18.1. The van der Waals surface area contributed by atoms with E-state index in [1.165, 1.54) is 6.92 Å². The molecule has 8 heteroatoms. The highest BCUT2D eigenvalue weighted by Crippen LogP contribution is 2.61. The van der Waals surface area contributed by atoms with Gasteiger partial charge in [-0.25, -0.2) is 4.79 Å². The maximum atomic E-state index is 13.1. The minimum absolute atomic E-state index is 0.00251. The van der Waals surface area contributed by atoms with Crippen molar-refractivity contribution in [3.8, 4) is 0 Å². The molecule has 0 radical (unpaired) electrons. The molecule has 2 rings (SSSR count). The number of rotatable bonds is 10. The van der Waals surface area contributed by atoms with Crippen molar-refractivity contribution in [3.05, 3.63) is 18.2 Å². The molecule has 5 atom stereocenters. The molecule has 0 bridgehead atoms. The molecule has 0 aliphatic heterocycles. The van der Waals surface area contributed by atoms with Crippen molar-refractivity contribution in [1.29, 1.82) is 0 Å². The standard InChI is InChI=1S/C22H30N2O6/c1-6-15-18(22(15,4)5)17(30-12(3)25)11-16(26)13-9-8-10-14(13)20(27)19(24-23)21(28)29-7-2/h6,13-15,17-18H,1,7-11H2,2-5H3/t13-,14-,15+,17-,18+/m1/s1. The van der Waals surface area contributed by atoms with Crippen LogP contribution in [0.3, 0.4) is 0 Å². The van der Waals surface area contributed by atoms with Crippen molar-refractivity contribution in [3.63, 3.8) is 0 Å². The van der Waals surface area contributed by atoms with E-state index in [-0.39, 0.29) is 36.1 Å². The zero-order valence-corrected chi connectivity index (χ0v) is 18.1. The molecule has 2 aliphatic carbocycles. The first kappa shape index (κ1) is 23.7. The molecular weight excluding hydrogens is 388 g/mol. The number of carbonyl (C=O) groups is 4.